The van der Waals surface area contributed by atoms with Crippen molar-refractivity contribution in [3.8, 4) is 5.88 Å². The van der Waals surface area contributed by atoms with Gasteiger partial charge in [0.15, 0.2) is 3.95 Å². The number of allylic oxidation sites excluding steroid dienone is 1. The third kappa shape index (κ3) is 1.81. The Morgan fingerprint density at radius 1 is 1.47 bits per heavy atom. The standard InChI is InChI=1S/C11H7N3OS2/c15-10-9(17-11(16)14-10)3-6-4-13-8-1-2-12-5-7(6)8/h1-5,15H,(H,14,16). The Labute approximate surface area is 106 Å². The number of hydrogen-bond acceptors (Lipinski definition) is 5. The summed E-state index contributed by atoms with van der Waals surface area (Å²) in [5.41, 5.74) is 2.78. The Balaban J connectivity index is 2.11. The van der Waals surface area contributed by atoms with Gasteiger partial charge in [-0.15, -0.1) is 11.3 Å². The molecule has 2 aromatic rings. The fourth-order valence-corrected chi connectivity index (χ4v) is 2.66. The molecular formula is C11H7N3OS2. The zero-order valence-corrected chi connectivity index (χ0v) is 10.2. The van der Waals surface area contributed by atoms with Crippen LogP contribution in [0.15, 0.2) is 23.5 Å². The van der Waals surface area contributed by atoms with E-state index in [1.807, 2.05) is 12.1 Å². The molecule has 2 aromatic heterocycles. The first kappa shape index (κ1) is 10.4. The molecule has 0 radical (unpaired) electrons. The highest BCUT2D eigenvalue weighted by Gasteiger charge is 2.13. The highest BCUT2D eigenvalue weighted by atomic mass is 32.1. The van der Waals surface area contributed by atoms with Crippen molar-refractivity contribution in [3.63, 3.8) is 0 Å². The van der Waals surface area contributed by atoms with Crippen molar-refractivity contribution in [2.45, 2.75) is 0 Å². The molecule has 1 aliphatic rings. The molecule has 0 amide bonds. The molecule has 84 valence electrons. The van der Waals surface area contributed by atoms with Crippen LogP contribution >= 0.6 is 23.6 Å². The molecule has 0 aromatic carbocycles. The van der Waals surface area contributed by atoms with Crippen molar-refractivity contribution >= 4 is 47.1 Å². The predicted molar refractivity (Wildman–Crippen MR) is 71.4 cm³/mol. The number of thiazole rings is 1. The van der Waals surface area contributed by atoms with Crippen LogP contribution in [-0.4, -0.2) is 21.3 Å². The molecule has 4 nitrogen and oxygen atoms in total. The fraction of sp³-hybridized carbons (Fsp3) is 0. The van der Waals surface area contributed by atoms with Gasteiger partial charge in [-0.25, -0.2) is 0 Å². The number of fused-ring (bicyclic) bond motifs is 1. The maximum Gasteiger partial charge on any atom is 0.207 e. The van der Waals surface area contributed by atoms with Crippen LogP contribution in [0.4, 0.5) is 5.69 Å². The summed E-state index contributed by atoms with van der Waals surface area (Å²) in [5, 5.41) is 9.62. The second-order valence-electron chi connectivity index (χ2n) is 3.48. The van der Waals surface area contributed by atoms with Crippen LogP contribution in [0.5, 0.6) is 5.88 Å². The summed E-state index contributed by atoms with van der Waals surface area (Å²) in [4.78, 5) is 11.7. The van der Waals surface area contributed by atoms with Crippen LogP contribution in [0.2, 0.25) is 0 Å². The number of pyridine rings is 1. The van der Waals surface area contributed by atoms with Crippen LogP contribution in [0.3, 0.4) is 0 Å². The van der Waals surface area contributed by atoms with Gasteiger partial charge in [0.2, 0.25) is 5.88 Å². The number of H-pyrrole nitrogens is 1. The summed E-state index contributed by atoms with van der Waals surface area (Å²) in [7, 11) is 0. The van der Waals surface area contributed by atoms with Gasteiger partial charge in [0.25, 0.3) is 0 Å². The van der Waals surface area contributed by atoms with Crippen molar-refractivity contribution in [1.29, 1.82) is 0 Å². The average molecular weight is 261 g/mol. The molecule has 0 atom stereocenters. The molecular weight excluding hydrogens is 254 g/mol. The van der Waals surface area contributed by atoms with Gasteiger partial charge in [0.05, 0.1) is 10.6 Å². The van der Waals surface area contributed by atoms with Gasteiger partial charge >= 0.3 is 0 Å². The number of hydrogen-bond donors (Lipinski definition) is 2. The van der Waals surface area contributed by atoms with E-state index in [0.29, 0.717) is 8.83 Å². The van der Waals surface area contributed by atoms with Crippen LogP contribution in [0.25, 0.3) is 11.6 Å². The van der Waals surface area contributed by atoms with Gasteiger partial charge in [0.1, 0.15) is 0 Å². The quantitative estimate of drug-likeness (QED) is 0.775. The molecule has 3 rings (SSSR count). The molecule has 0 saturated heterocycles. The fourth-order valence-electron chi connectivity index (χ4n) is 1.62. The summed E-state index contributed by atoms with van der Waals surface area (Å²) in [6.07, 6.45) is 7.08. The molecule has 2 N–H and O–H groups in total. The largest absolute Gasteiger partial charge is 0.494 e. The van der Waals surface area contributed by atoms with Gasteiger partial charge < -0.3 is 10.1 Å². The van der Waals surface area contributed by atoms with E-state index in [2.05, 4.69) is 15.0 Å². The van der Waals surface area contributed by atoms with Gasteiger partial charge in [-0.05, 0) is 24.4 Å². The molecule has 0 saturated carbocycles. The summed E-state index contributed by atoms with van der Waals surface area (Å²) in [6.45, 7) is 0. The first-order valence-corrected chi connectivity index (χ1v) is 6.09. The first-order chi connectivity index (χ1) is 8.24. The van der Waals surface area contributed by atoms with Crippen molar-refractivity contribution in [2.75, 3.05) is 0 Å². The molecule has 1 aliphatic heterocycles. The Morgan fingerprint density at radius 3 is 3.12 bits per heavy atom. The Bertz CT molecular complexity index is 697. The van der Waals surface area contributed by atoms with Crippen LogP contribution in [0.1, 0.15) is 10.4 Å². The lowest BCUT2D eigenvalue weighted by molar-refractivity contribution is 0.456. The lowest BCUT2D eigenvalue weighted by Crippen LogP contribution is -1.81. The smallest absolute Gasteiger partial charge is 0.207 e. The van der Waals surface area contributed by atoms with E-state index >= 15 is 0 Å². The summed E-state index contributed by atoms with van der Waals surface area (Å²) < 4.78 is 0.552. The maximum atomic E-state index is 9.62. The van der Waals surface area contributed by atoms with Crippen molar-refractivity contribution in [1.82, 2.24) is 9.97 Å². The number of nitrogens with zero attached hydrogens (tertiary/aromatic N) is 2. The molecule has 0 fully saturated rings. The number of nitrogens with one attached hydrogen (secondary N) is 1. The van der Waals surface area contributed by atoms with E-state index in [4.69, 9.17) is 12.2 Å². The average Bonchev–Trinajstić information content (AvgIpc) is 2.85. The molecule has 0 bridgehead atoms. The number of aromatic hydroxyl groups is 1. The highest BCUT2D eigenvalue weighted by molar-refractivity contribution is 7.73. The molecule has 0 spiro atoms. The minimum absolute atomic E-state index is 0.0956. The van der Waals surface area contributed by atoms with E-state index in [1.54, 1.807) is 18.6 Å². The molecule has 0 unspecified atom stereocenters. The highest BCUT2D eigenvalue weighted by Crippen LogP contribution is 2.33. The van der Waals surface area contributed by atoms with Gasteiger partial charge in [0, 0.05) is 29.7 Å². The second kappa shape index (κ2) is 3.90. The zero-order valence-electron chi connectivity index (χ0n) is 8.54. The zero-order chi connectivity index (χ0) is 11.8. The number of aromatic amines is 1. The first-order valence-electron chi connectivity index (χ1n) is 4.86. The Morgan fingerprint density at radius 2 is 2.35 bits per heavy atom. The van der Waals surface area contributed by atoms with E-state index < -0.39 is 0 Å². The minimum Gasteiger partial charge on any atom is -0.494 e. The summed E-state index contributed by atoms with van der Waals surface area (Å²) >= 11 is 6.29. The van der Waals surface area contributed by atoms with Crippen LogP contribution < -0.4 is 0 Å². The van der Waals surface area contributed by atoms with E-state index in [1.165, 1.54) is 11.3 Å². The normalized spacial score (nSPS) is 15.4. The van der Waals surface area contributed by atoms with Crippen LogP contribution in [-0.2, 0) is 0 Å². The van der Waals surface area contributed by atoms with Gasteiger partial charge in [-0.1, -0.05) is 0 Å². The monoisotopic (exact) mass is 261 g/mol. The van der Waals surface area contributed by atoms with Crippen molar-refractivity contribution < 1.29 is 5.11 Å². The minimum atomic E-state index is 0.0956. The van der Waals surface area contributed by atoms with Gasteiger partial charge in [-0.3, -0.25) is 9.98 Å². The number of rotatable bonds is 1. The molecule has 3 heterocycles. The Hall–Kier alpha value is -1.79. The van der Waals surface area contributed by atoms with Crippen molar-refractivity contribution in [3.05, 3.63) is 32.9 Å². The molecule has 17 heavy (non-hydrogen) atoms. The predicted octanol–water partition coefficient (Wildman–Crippen LogP) is 3.16. The Kier molecular flexibility index (Phi) is 2.38. The number of aromatic nitrogens is 2. The van der Waals surface area contributed by atoms with Gasteiger partial charge in [-0.2, -0.15) is 0 Å². The van der Waals surface area contributed by atoms with E-state index in [0.717, 1.165) is 16.8 Å². The van der Waals surface area contributed by atoms with Crippen LogP contribution in [0, 0.1) is 3.95 Å². The molecule has 6 heteroatoms. The maximum absolute atomic E-state index is 9.62. The topological polar surface area (TPSA) is 61.3 Å². The summed E-state index contributed by atoms with van der Waals surface area (Å²) in [6, 6.07) is 1.85. The SMILES string of the molecule is Oc1[nH]c(=S)sc1C=C1C=Nc2ccncc21. The van der Waals surface area contributed by atoms with E-state index in [9.17, 15) is 5.11 Å². The molecule has 0 aliphatic carbocycles. The van der Waals surface area contributed by atoms with Crippen molar-refractivity contribution in [2.24, 2.45) is 4.99 Å². The second-order valence-corrected chi connectivity index (χ2v) is 5.20. The lowest BCUT2D eigenvalue weighted by Gasteiger charge is -1.97. The third-order valence-corrected chi connectivity index (χ3v) is 3.57. The van der Waals surface area contributed by atoms with E-state index in [-0.39, 0.29) is 5.88 Å². The third-order valence-electron chi connectivity index (χ3n) is 2.39. The number of aliphatic imine (C=N–C) groups is 1. The summed E-state index contributed by atoms with van der Waals surface area (Å²) in [5.74, 6) is 0.0956. The lowest BCUT2D eigenvalue weighted by atomic mass is 10.1.